The average molecular weight is 427 g/mol. The van der Waals surface area contributed by atoms with Crippen molar-refractivity contribution in [3.63, 3.8) is 0 Å². The van der Waals surface area contributed by atoms with E-state index in [1.807, 2.05) is 0 Å². The van der Waals surface area contributed by atoms with E-state index in [2.05, 4.69) is 13.8 Å². The Morgan fingerprint density at radius 3 is 0.933 bits per heavy atom. The smallest absolute Gasteiger partial charge is 0.0564 e. The molecule has 0 spiro atoms. The minimum Gasteiger partial charge on any atom is -0.393 e. The van der Waals surface area contributed by atoms with Crippen LogP contribution in [0.5, 0.6) is 0 Å². The molecule has 30 heavy (non-hydrogen) atoms. The second-order valence-corrected chi connectivity index (χ2v) is 9.84. The van der Waals surface area contributed by atoms with Crippen molar-refractivity contribution in [1.29, 1.82) is 0 Å². The molecule has 2 N–H and O–H groups in total. The van der Waals surface area contributed by atoms with Gasteiger partial charge in [0, 0.05) is 0 Å². The summed E-state index contributed by atoms with van der Waals surface area (Å²) < 4.78 is 0. The fourth-order valence-corrected chi connectivity index (χ4v) is 4.46. The van der Waals surface area contributed by atoms with Crippen LogP contribution in [0.3, 0.4) is 0 Å². The van der Waals surface area contributed by atoms with Gasteiger partial charge in [-0.15, -0.1) is 0 Å². The van der Waals surface area contributed by atoms with Gasteiger partial charge in [0.05, 0.1) is 12.2 Å². The third kappa shape index (κ3) is 24.2. The van der Waals surface area contributed by atoms with E-state index < -0.39 is 0 Å². The molecule has 2 unspecified atom stereocenters. The first-order chi connectivity index (χ1) is 14.7. The quantitative estimate of drug-likeness (QED) is 0.143. The van der Waals surface area contributed by atoms with Gasteiger partial charge in [0.15, 0.2) is 0 Å². The van der Waals surface area contributed by atoms with E-state index in [1.165, 1.54) is 122 Å². The maximum atomic E-state index is 10.1. The first-order valence-corrected chi connectivity index (χ1v) is 14.1. The minimum absolute atomic E-state index is 0.303. The zero-order chi connectivity index (χ0) is 22.1. The first-order valence-electron chi connectivity index (χ1n) is 14.1. The normalized spacial score (nSPS) is 13.6. The molecule has 0 aromatic carbocycles. The predicted molar refractivity (Wildman–Crippen MR) is 134 cm³/mol. The van der Waals surface area contributed by atoms with Crippen molar-refractivity contribution in [2.24, 2.45) is 0 Å². The minimum atomic E-state index is -0.304. The molecule has 0 saturated heterocycles. The van der Waals surface area contributed by atoms with E-state index in [0.29, 0.717) is 6.42 Å². The third-order valence-electron chi connectivity index (χ3n) is 6.58. The summed E-state index contributed by atoms with van der Waals surface area (Å²) in [6.07, 6.45) is 30.2. The number of hydrogen-bond acceptors (Lipinski definition) is 2. The Bertz CT molecular complexity index is 305. The average Bonchev–Trinajstić information content (AvgIpc) is 2.73. The Labute approximate surface area is 190 Å². The van der Waals surface area contributed by atoms with Crippen LogP contribution in [0.15, 0.2) is 0 Å². The molecule has 0 bridgehead atoms. The van der Waals surface area contributed by atoms with Crippen LogP contribution in [0.1, 0.15) is 168 Å². The second kappa shape index (κ2) is 25.2. The Morgan fingerprint density at radius 2 is 0.600 bits per heavy atom. The maximum Gasteiger partial charge on any atom is 0.0564 e. The number of aliphatic hydroxyl groups excluding tert-OH is 2. The molecule has 2 heteroatoms. The molecule has 0 aromatic heterocycles. The van der Waals surface area contributed by atoms with E-state index in [4.69, 9.17) is 0 Å². The number of hydrogen-bond donors (Lipinski definition) is 2. The van der Waals surface area contributed by atoms with Gasteiger partial charge in [0.1, 0.15) is 0 Å². The zero-order valence-electron chi connectivity index (χ0n) is 21.0. The van der Waals surface area contributed by atoms with E-state index in [9.17, 15) is 10.2 Å². The van der Waals surface area contributed by atoms with Crippen molar-refractivity contribution >= 4 is 0 Å². The first kappa shape index (κ1) is 29.9. The summed E-state index contributed by atoms with van der Waals surface area (Å²) in [6.45, 7) is 4.47. The van der Waals surface area contributed by atoms with E-state index >= 15 is 0 Å². The molecule has 0 aromatic rings. The summed E-state index contributed by atoms with van der Waals surface area (Å²) in [5, 5.41) is 20.0. The zero-order valence-corrected chi connectivity index (χ0v) is 21.0. The molecular weight excluding hydrogens is 368 g/mol. The molecular formula is C28H58O2. The monoisotopic (exact) mass is 426 g/mol. The lowest BCUT2D eigenvalue weighted by Crippen LogP contribution is -2.17. The van der Waals surface area contributed by atoms with Gasteiger partial charge >= 0.3 is 0 Å². The van der Waals surface area contributed by atoms with Crippen molar-refractivity contribution in [2.45, 2.75) is 180 Å². The Hall–Kier alpha value is -0.0800. The predicted octanol–water partition coefficient (Wildman–Crippen LogP) is 9.11. The Morgan fingerprint density at radius 1 is 0.367 bits per heavy atom. The lowest BCUT2D eigenvalue weighted by molar-refractivity contribution is 0.0681. The molecule has 0 radical (unpaired) electrons. The van der Waals surface area contributed by atoms with Crippen molar-refractivity contribution in [3.8, 4) is 0 Å². The molecule has 0 aliphatic heterocycles. The van der Waals surface area contributed by atoms with E-state index in [-0.39, 0.29) is 12.2 Å². The topological polar surface area (TPSA) is 40.5 Å². The highest BCUT2D eigenvalue weighted by molar-refractivity contribution is 4.64. The van der Waals surface area contributed by atoms with Gasteiger partial charge < -0.3 is 10.2 Å². The number of rotatable bonds is 25. The molecule has 2 atom stereocenters. The summed E-state index contributed by atoms with van der Waals surface area (Å²) in [5.74, 6) is 0. The maximum absolute atomic E-state index is 10.1. The van der Waals surface area contributed by atoms with Gasteiger partial charge in [-0.2, -0.15) is 0 Å². The van der Waals surface area contributed by atoms with Gasteiger partial charge in [-0.3, -0.25) is 0 Å². The molecule has 182 valence electrons. The highest BCUT2D eigenvalue weighted by Gasteiger charge is 2.11. The fourth-order valence-electron chi connectivity index (χ4n) is 4.46. The largest absolute Gasteiger partial charge is 0.393 e. The molecule has 0 aliphatic rings. The fraction of sp³-hybridized carbons (Fsp3) is 1.00. The lowest BCUT2D eigenvalue weighted by atomic mass is 10.00. The van der Waals surface area contributed by atoms with Crippen LogP contribution in [-0.2, 0) is 0 Å². The lowest BCUT2D eigenvalue weighted by Gasteiger charge is -2.15. The molecule has 2 nitrogen and oxygen atoms in total. The highest BCUT2D eigenvalue weighted by atomic mass is 16.3. The van der Waals surface area contributed by atoms with Gasteiger partial charge in [-0.05, 0) is 19.3 Å². The molecule has 0 amide bonds. The highest BCUT2D eigenvalue weighted by Crippen LogP contribution is 2.16. The van der Waals surface area contributed by atoms with Crippen molar-refractivity contribution in [1.82, 2.24) is 0 Å². The summed E-state index contributed by atoms with van der Waals surface area (Å²) in [5.41, 5.74) is 0. The number of unbranched alkanes of at least 4 members (excludes halogenated alkanes) is 19. The molecule has 0 aliphatic carbocycles. The van der Waals surface area contributed by atoms with Crippen LogP contribution in [0.4, 0.5) is 0 Å². The van der Waals surface area contributed by atoms with Crippen LogP contribution >= 0.6 is 0 Å². The van der Waals surface area contributed by atoms with Crippen molar-refractivity contribution in [2.75, 3.05) is 0 Å². The van der Waals surface area contributed by atoms with Crippen molar-refractivity contribution < 1.29 is 10.2 Å². The molecule has 0 rings (SSSR count). The van der Waals surface area contributed by atoms with E-state index in [1.54, 1.807) is 0 Å². The molecule has 0 fully saturated rings. The van der Waals surface area contributed by atoms with Crippen LogP contribution in [-0.4, -0.2) is 22.4 Å². The Kier molecular flexibility index (Phi) is 25.1. The van der Waals surface area contributed by atoms with Gasteiger partial charge in [-0.1, -0.05) is 149 Å². The summed E-state index contributed by atoms with van der Waals surface area (Å²) >= 11 is 0. The van der Waals surface area contributed by atoms with Gasteiger partial charge in [0.2, 0.25) is 0 Å². The van der Waals surface area contributed by atoms with Crippen LogP contribution < -0.4 is 0 Å². The second-order valence-electron chi connectivity index (χ2n) is 9.84. The van der Waals surface area contributed by atoms with Crippen LogP contribution in [0.2, 0.25) is 0 Å². The van der Waals surface area contributed by atoms with Crippen LogP contribution in [0.25, 0.3) is 0 Å². The van der Waals surface area contributed by atoms with Crippen molar-refractivity contribution in [3.05, 3.63) is 0 Å². The molecule has 0 heterocycles. The Balaban J connectivity index is 3.17. The summed E-state index contributed by atoms with van der Waals surface area (Å²) in [7, 11) is 0. The van der Waals surface area contributed by atoms with Gasteiger partial charge in [-0.25, -0.2) is 0 Å². The van der Waals surface area contributed by atoms with Crippen LogP contribution in [0, 0.1) is 0 Å². The molecule has 0 saturated carbocycles. The number of aliphatic hydroxyl groups is 2. The van der Waals surface area contributed by atoms with Gasteiger partial charge in [0.25, 0.3) is 0 Å². The summed E-state index contributed by atoms with van der Waals surface area (Å²) in [6, 6.07) is 0. The standard InChI is InChI=1S/C28H58O2/c1-3-5-7-8-9-10-11-12-13-14-15-16-17-18-19-20-21-23-25-28(30)26-27(29)24-22-6-4-2/h27-30H,3-26H2,1-2H3. The summed E-state index contributed by atoms with van der Waals surface area (Å²) in [4.78, 5) is 0. The third-order valence-corrected chi connectivity index (χ3v) is 6.58. The van der Waals surface area contributed by atoms with E-state index in [0.717, 1.165) is 25.7 Å². The SMILES string of the molecule is CCCCCCCCCCCCCCCCCCCCC(O)CC(O)CCCCC.